The highest BCUT2D eigenvalue weighted by atomic mass is 35.5. The Balaban J connectivity index is 0.00000294. The van der Waals surface area contributed by atoms with Gasteiger partial charge in [-0.15, -0.1) is 24.8 Å². The molecule has 7 nitrogen and oxygen atoms in total. The number of nitrogens with one attached hydrogen (secondary N) is 2. The van der Waals surface area contributed by atoms with Gasteiger partial charge in [-0.05, 0) is 52.9 Å². The number of rotatable bonds is 11. The fourth-order valence-corrected chi connectivity index (χ4v) is 4.74. The minimum atomic E-state index is -0.297. The van der Waals surface area contributed by atoms with Crippen LogP contribution in [0.2, 0.25) is 0 Å². The van der Waals surface area contributed by atoms with Crippen LogP contribution in [-0.2, 0) is 22.7 Å². The Morgan fingerprint density at radius 3 is 2.12 bits per heavy atom. The van der Waals surface area contributed by atoms with Crippen LogP contribution >= 0.6 is 24.8 Å². The lowest BCUT2D eigenvalue weighted by atomic mass is 10.0. The molecule has 0 unspecified atom stereocenters. The van der Waals surface area contributed by atoms with E-state index in [2.05, 4.69) is 36.6 Å². The molecule has 0 spiro atoms. The summed E-state index contributed by atoms with van der Waals surface area (Å²) in [4.78, 5) is 28.3. The molecular formula is C31H40Cl2FN5O2. The van der Waals surface area contributed by atoms with Gasteiger partial charge in [0.1, 0.15) is 5.82 Å². The number of hydrogen-bond acceptors (Lipinski definition) is 5. The highest BCUT2D eigenvalue weighted by molar-refractivity contribution is 5.87. The molecular weight excluding hydrogens is 564 g/mol. The Kier molecular flexibility index (Phi) is 13.1. The van der Waals surface area contributed by atoms with Gasteiger partial charge < -0.3 is 15.5 Å². The Morgan fingerprint density at radius 1 is 0.902 bits per heavy atom. The van der Waals surface area contributed by atoms with Crippen molar-refractivity contribution >= 4 is 42.3 Å². The second-order valence-electron chi connectivity index (χ2n) is 10.3. The molecule has 0 fully saturated rings. The number of anilines is 1. The Bertz CT molecular complexity index is 1280. The average molecular weight is 605 g/mol. The van der Waals surface area contributed by atoms with Gasteiger partial charge in [0.2, 0.25) is 5.91 Å². The van der Waals surface area contributed by atoms with Crippen LogP contribution in [0.15, 0.2) is 66.7 Å². The molecule has 0 saturated heterocycles. The first-order chi connectivity index (χ1) is 18.7. The Labute approximate surface area is 254 Å². The third-order valence-corrected chi connectivity index (χ3v) is 7.00. The van der Waals surface area contributed by atoms with Crippen molar-refractivity contribution in [3.8, 4) is 11.1 Å². The number of benzene rings is 3. The SMILES string of the molecule is Cc1ccc(-c2ccc(F)cc2)cc1N(CC(=O)NCCNC(C)C)CC(=O)N(C)N1Cc2ccccc2C1.Cl.Cl. The lowest BCUT2D eigenvalue weighted by Gasteiger charge is -2.32. The second kappa shape index (κ2) is 15.7. The van der Waals surface area contributed by atoms with E-state index in [9.17, 15) is 14.0 Å². The van der Waals surface area contributed by atoms with Gasteiger partial charge >= 0.3 is 0 Å². The van der Waals surface area contributed by atoms with Crippen LogP contribution in [0.4, 0.5) is 10.1 Å². The number of aryl methyl sites for hydroxylation is 1. The van der Waals surface area contributed by atoms with Crippen molar-refractivity contribution in [2.75, 3.05) is 38.1 Å². The number of likely N-dealkylation sites (N-methyl/N-ethyl adjacent to an activating group) is 1. The highest BCUT2D eigenvalue weighted by Crippen LogP contribution is 2.29. The molecule has 41 heavy (non-hydrogen) atoms. The number of nitrogens with zero attached hydrogens (tertiary/aromatic N) is 3. The highest BCUT2D eigenvalue weighted by Gasteiger charge is 2.27. The summed E-state index contributed by atoms with van der Waals surface area (Å²) in [7, 11) is 1.78. The van der Waals surface area contributed by atoms with Crippen molar-refractivity contribution < 1.29 is 14.0 Å². The monoisotopic (exact) mass is 603 g/mol. The normalized spacial score (nSPS) is 12.2. The zero-order valence-electron chi connectivity index (χ0n) is 24.0. The largest absolute Gasteiger partial charge is 0.353 e. The predicted molar refractivity (Wildman–Crippen MR) is 168 cm³/mol. The van der Waals surface area contributed by atoms with E-state index in [4.69, 9.17) is 0 Å². The number of carbonyl (C=O) groups is 2. The summed E-state index contributed by atoms with van der Waals surface area (Å²) in [6, 6.07) is 20.7. The van der Waals surface area contributed by atoms with E-state index < -0.39 is 0 Å². The van der Waals surface area contributed by atoms with Crippen LogP contribution in [0.25, 0.3) is 11.1 Å². The third-order valence-electron chi connectivity index (χ3n) is 7.00. The summed E-state index contributed by atoms with van der Waals surface area (Å²) in [6.07, 6.45) is 0. The van der Waals surface area contributed by atoms with Gasteiger partial charge in [0.15, 0.2) is 0 Å². The van der Waals surface area contributed by atoms with Crippen LogP contribution in [-0.4, -0.2) is 61.1 Å². The summed E-state index contributed by atoms with van der Waals surface area (Å²) in [5, 5.41) is 9.93. The van der Waals surface area contributed by atoms with Gasteiger partial charge in [-0.1, -0.05) is 62.4 Å². The zero-order chi connectivity index (χ0) is 27.9. The third kappa shape index (κ3) is 9.16. The molecule has 3 aromatic carbocycles. The van der Waals surface area contributed by atoms with E-state index >= 15 is 0 Å². The molecule has 2 amide bonds. The van der Waals surface area contributed by atoms with E-state index in [1.165, 1.54) is 23.3 Å². The maximum absolute atomic E-state index is 13.5. The molecule has 2 N–H and O–H groups in total. The summed E-state index contributed by atoms with van der Waals surface area (Å²) < 4.78 is 13.5. The molecule has 1 aliphatic rings. The first-order valence-electron chi connectivity index (χ1n) is 13.4. The van der Waals surface area contributed by atoms with Crippen molar-refractivity contribution in [2.45, 2.75) is 39.9 Å². The van der Waals surface area contributed by atoms with Crippen LogP contribution in [0.5, 0.6) is 0 Å². The van der Waals surface area contributed by atoms with Crippen molar-refractivity contribution in [3.63, 3.8) is 0 Å². The topological polar surface area (TPSA) is 67.9 Å². The van der Waals surface area contributed by atoms with E-state index in [0.29, 0.717) is 32.2 Å². The van der Waals surface area contributed by atoms with Crippen LogP contribution in [0, 0.1) is 12.7 Å². The number of amides is 2. The van der Waals surface area contributed by atoms with Gasteiger partial charge in [-0.2, -0.15) is 0 Å². The van der Waals surface area contributed by atoms with Gasteiger partial charge in [-0.25, -0.2) is 9.40 Å². The average Bonchev–Trinajstić information content (AvgIpc) is 3.35. The molecule has 1 heterocycles. The van der Waals surface area contributed by atoms with E-state index in [1.807, 2.05) is 47.2 Å². The number of carbonyl (C=O) groups excluding carboxylic acids is 2. The van der Waals surface area contributed by atoms with E-state index in [-0.39, 0.29) is 55.5 Å². The van der Waals surface area contributed by atoms with Crippen molar-refractivity contribution in [1.82, 2.24) is 20.7 Å². The minimum absolute atomic E-state index is 0. The van der Waals surface area contributed by atoms with Gasteiger partial charge in [-0.3, -0.25) is 14.6 Å². The predicted octanol–water partition coefficient (Wildman–Crippen LogP) is 4.95. The lowest BCUT2D eigenvalue weighted by Crippen LogP contribution is -2.48. The Morgan fingerprint density at radius 2 is 1.51 bits per heavy atom. The molecule has 0 aliphatic carbocycles. The fourth-order valence-electron chi connectivity index (χ4n) is 4.74. The van der Waals surface area contributed by atoms with Gasteiger partial charge in [0, 0.05) is 45.0 Å². The number of hydrogen-bond donors (Lipinski definition) is 2. The molecule has 0 bridgehead atoms. The molecule has 0 radical (unpaired) electrons. The molecule has 0 saturated carbocycles. The summed E-state index contributed by atoms with van der Waals surface area (Å²) >= 11 is 0. The summed E-state index contributed by atoms with van der Waals surface area (Å²) in [5.41, 5.74) is 5.91. The van der Waals surface area contributed by atoms with E-state index in [1.54, 1.807) is 24.2 Å². The fraction of sp³-hybridized carbons (Fsp3) is 0.355. The number of hydrazine groups is 1. The smallest absolute Gasteiger partial charge is 0.256 e. The molecule has 222 valence electrons. The van der Waals surface area contributed by atoms with Crippen LogP contribution < -0.4 is 15.5 Å². The first-order valence-corrected chi connectivity index (χ1v) is 13.4. The molecule has 3 aromatic rings. The Hall–Kier alpha value is -3.17. The van der Waals surface area contributed by atoms with Gasteiger partial charge in [0.25, 0.3) is 5.91 Å². The standard InChI is InChI=1S/C31H38FN5O2.2ClH/c1-22(2)33-15-16-34-30(38)20-36(21-31(39)35(4)37-18-26-7-5-6-8-27(26)19-37)29-17-25(10-9-23(29)3)24-11-13-28(32)14-12-24;;/h5-14,17,22,33H,15-16,18-21H2,1-4H3,(H,34,38);2*1H. The number of halogens is 3. The van der Waals surface area contributed by atoms with Crippen molar-refractivity contribution in [1.29, 1.82) is 0 Å². The first kappa shape index (κ1) is 34.0. The molecule has 0 aromatic heterocycles. The van der Waals surface area contributed by atoms with Crippen LogP contribution in [0.3, 0.4) is 0 Å². The van der Waals surface area contributed by atoms with Crippen molar-refractivity contribution in [2.24, 2.45) is 0 Å². The molecule has 10 heteroatoms. The zero-order valence-corrected chi connectivity index (χ0v) is 25.7. The maximum Gasteiger partial charge on any atom is 0.256 e. The minimum Gasteiger partial charge on any atom is -0.353 e. The molecule has 1 aliphatic heterocycles. The lowest BCUT2D eigenvalue weighted by molar-refractivity contribution is -0.145. The van der Waals surface area contributed by atoms with Gasteiger partial charge in [0.05, 0.1) is 13.1 Å². The number of fused-ring (bicyclic) bond motifs is 1. The van der Waals surface area contributed by atoms with Crippen molar-refractivity contribution in [3.05, 3.63) is 89.2 Å². The quantitative estimate of drug-likeness (QED) is 0.303. The summed E-state index contributed by atoms with van der Waals surface area (Å²) in [6.45, 7) is 8.65. The molecule has 4 rings (SSSR count). The molecule has 0 atom stereocenters. The maximum atomic E-state index is 13.5. The second-order valence-corrected chi connectivity index (χ2v) is 10.3. The van der Waals surface area contributed by atoms with Crippen LogP contribution in [0.1, 0.15) is 30.5 Å². The summed E-state index contributed by atoms with van der Waals surface area (Å²) in [5.74, 6) is -0.561. The van der Waals surface area contributed by atoms with E-state index in [0.717, 1.165) is 22.4 Å².